The van der Waals surface area contributed by atoms with Gasteiger partial charge in [0.25, 0.3) is 7.82 Å². The molecule has 1 unspecified atom stereocenters. The van der Waals surface area contributed by atoms with E-state index >= 15 is 0 Å². The molecular formula is C46H86NO8P. The first-order valence-corrected chi connectivity index (χ1v) is 24.2. The van der Waals surface area contributed by atoms with Gasteiger partial charge in [-0.25, -0.2) is 0 Å². The van der Waals surface area contributed by atoms with Crippen LogP contribution < -0.4 is 4.89 Å². The van der Waals surface area contributed by atoms with E-state index in [9.17, 15) is 19.0 Å². The first-order chi connectivity index (χ1) is 27.0. The Morgan fingerprint density at radius 2 is 1.00 bits per heavy atom. The molecule has 10 heteroatoms. The summed E-state index contributed by atoms with van der Waals surface area (Å²) in [6, 6.07) is 0. The van der Waals surface area contributed by atoms with E-state index in [-0.39, 0.29) is 26.1 Å². The topological polar surface area (TPSA) is 111 Å². The predicted octanol–water partition coefficient (Wildman–Crippen LogP) is 12.3. The van der Waals surface area contributed by atoms with Crippen molar-refractivity contribution in [1.29, 1.82) is 0 Å². The van der Waals surface area contributed by atoms with Gasteiger partial charge in [0.1, 0.15) is 19.8 Å². The number of likely N-dealkylation sites (N-methyl/N-ethyl adjacent to an activating group) is 1. The fourth-order valence-electron chi connectivity index (χ4n) is 6.06. The van der Waals surface area contributed by atoms with Crippen LogP contribution in [0.5, 0.6) is 0 Å². The fraction of sp³-hybridized carbons (Fsp3) is 0.826. The smallest absolute Gasteiger partial charge is 0.306 e. The predicted molar refractivity (Wildman–Crippen MR) is 231 cm³/mol. The summed E-state index contributed by atoms with van der Waals surface area (Å²) in [4.78, 5) is 37.5. The fourth-order valence-corrected chi connectivity index (χ4v) is 6.79. The van der Waals surface area contributed by atoms with Gasteiger partial charge in [-0.1, -0.05) is 166 Å². The lowest BCUT2D eigenvalue weighted by Crippen LogP contribution is -2.37. The highest BCUT2D eigenvalue weighted by Crippen LogP contribution is 2.38. The number of esters is 2. The molecule has 2 atom stereocenters. The SMILES string of the molecule is CCCCCCCCCCC/C=C/C/C=C/CCCC(=O)O[C@H](COC(=O)CC/C=C/CCCCCCCCCCCCC)COP(=O)([O-])OCC[N+](C)(C)C. The summed E-state index contributed by atoms with van der Waals surface area (Å²) in [5.41, 5.74) is 0. The number of ether oxygens (including phenoxy) is 2. The largest absolute Gasteiger partial charge is 0.756 e. The molecule has 0 radical (unpaired) electrons. The van der Waals surface area contributed by atoms with Crippen LogP contribution in [0.15, 0.2) is 36.5 Å². The summed E-state index contributed by atoms with van der Waals surface area (Å²) in [6.07, 6.45) is 43.4. The van der Waals surface area contributed by atoms with Gasteiger partial charge in [-0.05, 0) is 51.4 Å². The van der Waals surface area contributed by atoms with Gasteiger partial charge in [-0.2, -0.15) is 0 Å². The lowest BCUT2D eigenvalue weighted by molar-refractivity contribution is -0.870. The number of carbonyl (C=O) groups excluding carboxylic acids is 2. The Labute approximate surface area is 344 Å². The molecule has 0 aromatic rings. The van der Waals surface area contributed by atoms with Crippen LogP contribution >= 0.6 is 7.82 Å². The normalized spacial score (nSPS) is 13.9. The monoisotopic (exact) mass is 812 g/mol. The molecule has 0 aliphatic rings. The van der Waals surface area contributed by atoms with Gasteiger partial charge >= 0.3 is 11.9 Å². The molecule has 0 aromatic heterocycles. The Kier molecular flexibility index (Phi) is 37.5. The Balaban J connectivity index is 4.44. The molecule has 0 heterocycles. The molecule has 0 aromatic carbocycles. The average molecular weight is 812 g/mol. The highest BCUT2D eigenvalue weighted by Gasteiger charge is 2.21. The zero-order chi connectivity index (χ0) is 41.4. The van der Waals surface area contributed by atoms with Gasteiger partial charge in [0, 0.05) is 12.8 Å². The summed E-state index contributed by atoms with van der Waals surface area (Å²) in [5.74, 6) is -0.942. The number of nitrogens with zero attached hydrogens (tertiary/aromatic N) is 1. The van der Waals surface area contributed by atoms with Crippen LogP contribution in [0.4, 0.5) is 0 Å². The van der Waals surface area contributed by atoms with Crippen molar-refractivity contribution in [3.05, 3.63) is 36.5 Å². The van der Waals surface area contributed by atoms with Crippen LogP contribution in [0.2, 0.25) is 0 Å². The molecule has 0 aliphatic carbocycles. The molecule has 56 heavy (non-hydrogen) atoms. The molecule has 0 amide bonds. The maximum Gasteiger partial charge on any atom is 0.306 e. The van der Waals surface area contributed by atoms with Crippen molar-refractivity contribution < 1.29 is 42.1 Å². The van der Waals surface area contributed by atoms with Crippen LogP contribution in [0, 0.1) is 0 Å². The molecular weight excluding hydrogens is 725 g/mol. The summed E-state index contributed by atoms with van der Waals surface area (Å²) >= 11 is 0. The van der Waals surface area contributed by atoms with E-state index in [4.69, 9.17) is 18.5 Å². The maximum absolute atomic E-state index is 12.7. The first-order valence-electron chi connectivity index (χ1n) is 22.7. The number of phosphoric ester groups is 1. The highest BCUT2D eigenvalue weighted by molar-refractivity contribution is 7.45. The minimum atomic E-state index is -4.64. The number of hydrogen-bond acceptors (Lipinski definition) is 8. The zero-order valence-corrected chi connectivity index (χ0v) is 37.7. The van der Waals surface area contributed by atoms with Gasteiger partial charge in [0.15, 0.2) is 6.10 Å². The number of carbonyl (C=O) groups is 2. The summed E-state index contributed by atoms with van der Waals surface area (Å²) in [7, 11) is 1.13. The van der Waals surface area contributed by atoms with Gasteiger partial charge in [-0.3, -0.25) is 14.2 Å². The van der Waals surface area contributed by atoms with E-state index in [1.54, 1.807) is 0 Å². The number of unbranched alkanes of at least 4 members (excludes halogenated alkanes) is 21. The van der Waals surface area contributed by atoms with E-state index in [1.807, 2.05) is 27.2 Å². The Bertz CT molecular complexity index is 1050. The molecule has 0 rings (SSSR count). The second kappa shape index (κ2) is 38.7. The van der Waals surface area contributed by atoms with Crippen LogP contribution in [0.1, 0.15) is 194 Å². The number of allylic oxidation sites excluding steroid dienone is 6. The summed E-state index contributed by atoms with van der Waals surface area (Å²) in [6.45, 7) is 4.14. The van der Waals surface area contributed by atoms with Crippen molar-refractivity contribution in [2.24, 2.45) is 0 Å². The third-order valence-electron chi connectivity index (χ3n) is 9.65. The lowest BCUT2D eigenvalue weighted by Gasteiger charge is -2.28. The number of phosphoric acid groups is 1. The van der Waals surface area contributed by atoms with Gasteiger partial charge in [0.2, 0.25) is 0 Å². The quantitative estimate of drug-likeness (QED) is 0.0197. The van der Waals surface area contributed by atoms with Crippen molar-refractivity contribution >= 4 is 19.8 Å². The standard InChI is InChI=1S/C46H86NO8P/c1-6-8-10-12-14-16-18-20-22-23-25-27-29-31-33-35-37-39-46(49)55-44(43-54-56(50,51)53-41-40-47(3,4)5)42-52-45(48)38-36-34-32-30-28-26-24-21-19-17-15-13-11-9-7-2/h25,27,31-34,44H,6-24,26,28-30,35-43H2,1-5H3/b27-25+,33-31+,34-32+/t44-/m1/s1. The molecule has 0 N–H and O–H groups in total. The molecule has 9 nitrogen and oxygen atoms in total. The van der Waals surface area contributed by atoms with Crippen LogP contribution in [-0.4, -0.2) is 70.0 Å². The Morgan fingerprint density at radius 1 is 0.554 bits per heavy atom. The van der Waals surface area contributed by atoms with Crippen molar-refractivity contribution in [2.75, 3.05) is 47.5 Å². The van der Waals surface area contributed by atoms with Gasteiger partial charge in [-0.15, -0.1) is 0 Å². The average Bonchev–Trinajstić information content (AvgIpc) is 3.15. The van der Waals surface area contributed by atoms with E-state index in [0.717, 1.165) is 32.1 Å². The van der Waals surface area contributed by atoms with Crippen LogP contribution in [0.3, 0.4) is 0 Å². The third kappa shape index (κ3) is 41.9. The van der Waals surface area contributed by atoms with Crippen molar-refractivity contribution in [2.45, 2.75) is 200 Å². The minimum Gasteiger partial charge on any atom is -0.756 e. The van der Waals surface area contributed by atoms with Gasteiger partial charge in [0.05, 0.1) is 27.7 Å². The van der Waals surface area contributed by atoms with Gasteiger partial charge < -0.3 is 27.9 Å². The van der Waals surface area contributed by atoms with E-state index < -0.39 is 32.5 Å². The van der Waals surface area contributed by atoms with Crippen molar-refractivity contribution in [1.82, 2.24) is 0 Å². The molecule has 328 valence electrons. The highest BCUT2D eigenvalue weighted by atomic mass is 31.2. The minimum absolute atomic E-state index is 0.0426. The summed E-state index contributed by atoms with van der Waals surface area (Å²) < 4.78 is 33.8. The number of hydrogen-bond donors (Lipinski definition) is 0. The molecule has 0 saturated carbocycles. The zero-order valence-electron chi connectivity index (χ0n) is 36.8. The Morgan fingerprint density at radius 3 is 1.50 bits per heavy atom. The maximum atomic E-state index is 12.7. The second-order valence-corrected chi connectivity index (χ2v) is 17.8. The van der Waals surface area contributed by atoms with E-state index in [1.165, 1.54) is 122 Å². The molecule has 0 bridgehead atoms. The number of quaternary nitrogens is 1. The first kappa shape index (κ1) is 54.2. The van der Waals surface area contributed by atoms with E-state index in [2.05, 4.69) is 44.2 Å². The van der Waals surface area contributed by atoms with Crippen molar-refractivity contribution in [3.8, 4) is 0 Å². The van der Waals surface area contributed by atoms with Crippen molar-refractivity contribution in [3.63, 3.8) is 0 Å². The lowest BCUT2D eigenvalue weighted by atomic mass is 10.1. The Hall–Kier alpha value is -1.77. The van der Waals surface area contributed by atoms with Crippen LogP contribution in [0.25, 0.3) is 0 Å². The summed E-state index contributed by atoms with van der Waals surface area (Å²) in [5, 5.41) is 0. The molecule has 0 aliphatic heterocycles. The molecule has 0 saturated heterocycles. The van der Waals surface area contributed by atoms with Crippen LogP contribution in [-0.2, 0) is 32.7 Å². The molecule has 0 spiro atoms. The second-order valence-electron chi connectivity index (χ2n) is 16.4. The molecule has 0 fully saturated rings. The van der Waals surface area contributed by atoms with E-state index in [0.29, 0.717) is 23.9 Å². The third-order valence-corrected chi connectivity index (χ3v) is 10.6. The number of rotatable bonds is 41.